The van der Waals surface area contributed by atoms with E-state index in [0.717, 1.165) is 14.7 Å². The Morgan fingerprint density at radius 1 is 1.11 bits per heavy atom. The molecular weight excluding hydrogens is 364 g/mol. The molecule has 0 aliphatic rings. The maximum absolute atomic E-state index is 5.77. The van der Waals surface area contributed by atoms with Crippen LogP contribution in [-0.4, -0.2) is 12.1 Å². The molecule has 0 fully saturated rings. The number of halogens is 2. The van der Waals surface area contributed by atoms with Crippen LogP contribution in [0.3, 0.4) is 0 Å². The first-order valence-corrected chi connectivity index (χ1v) is 6.61. The van der Waals surface area contributed by atoms with Crippen molar-refractivity contribution in [3.63, 3.8) is 0 Å². The summed E-state index contributed by atoms with van der Waals surface area (Å²) < 4.78 is 12.5. The summed E-state index contributed by atoms with van der Waals surface area (Å²) in [6.07, 6.45) is 3.17. The molecule has 0 aliphatic heterocycles. The lowest BCUT2D eigenvalue weighted by atomic mass is 10.3. The number of ether oxygens (including phenoxy) is 2. The molecule has 0 atom stereocenters. The molecule has 0 radical (unpaired) electrons. The van der Waals surface area contributed by atoms with Crippen LogP contribution < -0.4 is 15.2 Å². The van der Waals surface area contributed by atoms with Crippen molar-refractivity contribution >= 4 is 37.5 Å². The number of methoxy groups -OCH3 is 1. The summed E-state index contributed by atoms with van der Waals surface area (Å²) in [5.41, 5.74) is 6.26. The largest absolute Gasteiger partial charge is 0.496 e. The lowest BCUT2D eigenvalue weighted by Gasteiger charge is -2.11. The van der Waals surface area contributed by atoms with Crippen LogP contribution in [0.1, 0.15) is 0 Å². The average molecular weight is 374 g/mol. The highest BCUT2D eigenvalue weighted by Gasteiger charge is 2.10. The zero-order valence-electron chi connectivity index (χ0n) is 9.48. The Morgan fingerprint density at radius 3 is 2.44 bits per heavy atom. The Bertz CT molecular complexity index is 576. The Labute approximate surface area is 121 Å². The van der Waals surface area contributed by atoms with Crippen LogP contribution in [0, 0.1) is 0 Å². The van der Waals surface area contributed by atoms with Crippen molar-refractivity contribution in [2.45, 2.75) is 0 Å². The number of pyridine rings is 1. The number of benzene rings is 1. The summed E-state index contributed by atoms with van der Waals surface area (Å²) in [5.74, 6) is 1.92. The van der Waals surface area contributed by atoms with Crippen molar-refractivity contribution in [2.24, 2.45) is 0 Å². The smallest absolute Gasteiger partial charge is 0.153 e. The fourth-order valence-electron chi connectivity index (χ4n) is 1.35. The molecule has 2 aromatic rings. The molecule has 0 unspecified atom stereocenters. The number of rotatable bonds is 3. The van der Waals surface area contributed by atoms with Gasteiger partial charge in [0.1, 0.15) is 11.5 Å². The van der Waals surface area contributed by atoms with E-state index < -0.39 is 0 Å². The van der Waals surface area contributed by atoms with Crippen LogP contribution in [0.15, 0.2) is 39.5 Å². The molecule has 0 bridgehead atoms. The van der Waals surface area contributed by atoms with Crippen molar-refractivity contribution in [3.8, 4) is 17.2 Å². The summed E-state index contributed by atoms with van der Waals surface area (Å²) in [5, 5.41) is 0. The minimum absolute atomic E-state index is 0.483. The molecule has 0 aliphatic carbocycles. The molecule has 2 N–H and O–H groups in total. The highest BCUT2D eigenvalue weighted by atomic mass is 79.9. The van der Waals surface area contributed by atoms with E-state index in [9.17, 15) is 0 Å². The van der Waals surface area contributed by atoms with Gasteiger partial charge in [-0.2, -0.15) is 0 Å². The standard InChI is InChI=1S/C12H10Br2N2O2/c1-17-11-4-8(14)12(5-7(11)13)18-10-2-3-16-6-9(10)15/h2-6H,15H2,1H3. The van der Waals surface area contributed by atoms with Crippen LogP contribution in [0.25, 0.3) is 0 Å². The predicted molar refractivity (Wildman–Crippen MR) is 77.1 cm³/mol. The van der Waals surface area contributed by atoms with Gasteiger partial charge in [-0.05, 0) is 44.0 Å². The maximum atomic E-state index is 5.77. The second-order valence-corrected chi connectivity index (χ2v) is 5.14. The number of aromatic nitrogens is 1. The number of nitrogen functional groups attached to an aromatic ring is 1. The maximum Gasteiger partial charge on any atom is 0.153 e. The van der Waals surface area contributed by atoms with Gasteiger partial charge in [-0.1, -0.05) is 0 Å². The molecule has 0 saturated heterocycles. The van der Waals surface area contributed by atoms with Gasteiger partial charge >= 0.3 is 0 Å². The zero-order valence-corrected chi connectivity index (χ0v) is 12.7. The highest BCUT2D eigenvalue weighted by molar-refractivity contribution is 9.11. The number of nitrogens with two attached hydrogens (primary N) is 1. The monoisotopic (exact) mass is 372 g/mol. The molecule has 1 aromatic carbocycles. The van der Waals surface area contributed by atoms with Gasteiger partial charge in [-0.25, -0.2) is 0 Å². The van der Waals surface area contributed by atoms with E-state index in [0.29, 0.717) is 17.2 Å². The van der Waals surface area contributed by atoms with Gasteiger partial charge in [0.05, 0.1) is 27.9 Å². The summed E-state index contributed by atoms with van der Waals surface area (Å²) >= 11 is 6.83. The Hall–Kier alpha value is -1.27. The normalized spacial score (nSPS) is 10.2. The second kappa shape index (κ2) is 5.58. The minimum Gasteiger partial charge on any atom is -0.496 e. The van der Waals surface area contributed by atoms with Crippen LogP contribution in [0.2, 0.25) is 0 Å². The molecular formula is C12H10Br2N2O2. The molecule has 18 heavy (non-hydrogen) atoms. The lowest BCUT2D eigenvalue weighted by molar-refractivity contribution is 0.409. The summed E-state index contributed by atoms with van der Waals surface area (Å²) in [6, 6.07) is 5.33. The SMILES string of the molecule is COc1cc(Br)c(Oc2ccncc2N)cc1Br. The van der Waals surface area contributed by atoms with E-state index in [-0.39, 0.29) is 0 Å². The third kappa shape index (κ3) is 2.76. The number of nitrogens with zero attached hydrogens (tertiary/aromatic N) is 1. The van der Waals surface area contributed by atoms with Crippen molar-refractivity contribution < 1.29 is 9.47 Å². The number of anilines is 1. The number of hydrogen-bond donors (Lipinski definition) is 1. The molecule has 94 valence electrons. The predicted octanol–water partition coefficient (Wildman–Crippen LogP) is 3.99. The van der Waals surface area contributed by atoms with Gasteiger partial charge in [0.2, 0.25) is 0 Å². The van der Waals surface area contributed by atoms with Crippen molar-refractivity contribution in [1.29, 1.82) is 0 Å². The van der Waals surface area contributed by atoms with E-state index >= 15 is 0 Å². The topological polar surface area (TPSA) is 57.4 Å². The zero-order chi connectivity index (χ0) is 13.1. The lowest BCUT2D eigenvalue weighted by Crippen LogP contribution is -1.94. The quantitative estimate of drug-likeness (QED) is 0.883. The molecule has 4 nitrogen and oxygen atoms in total. The third-order valence-electron chi connectivity index (χ3n) is 2.24. The van der Waals surface area contributed by atoms with Gasteiger partial charge in [0, 0.05) is 12.3 Å². The summed E-state index contributed by atoms with van der Waals surface area (Å²) in [6.45, 7) is 0. The first kappa shape index (κ1) is 13.2. The highest BCUT2D eigenvalue weighted by Crippen LogP contribution is 2.38. The van der Waals surface area contributed by atoms with E-state index in [2.05, 4.69) is 36.8 Å². The van der Waals surface area contributed by atoms with Gasteiger partial charge < -0.3 is 15.2 Å². The van der Waals surface area contributed by atoms with Crippen LogP contribution >= 0.6 is 31.9 Å². The number of hydrogen-bond acceptors (Lipinski definition) is 4. The molecule has 1 heterocycles. The molecule has 0 amide bonds. The molecule has 0 spiro atoms. The van der Waals surface area contributed by atoms with Crippen molar-refractivity contribution in [2.75, 3.05) is 12.8 Å². The molecule has 0 saturated carbocycles. The summed E-state index contributed by atoms with van der Waals surface area (Å²) in [4.78, 5) is 3.91. The van der Waals surface area contributed by atoms with Crippen LogP contribution in [0.5, 0.6) is 17.2 Å². The Morgan fingerprint density at radius 2 is 1.78 bits per heavy atom. The molecule has 6 heteroatoms. The molecule has 1 aromatic heterocycles. The van der Waals surface area contributed by atoms with Crippen molar-refractivity contribution in [1.82, 2.24) is 4.98 Å². The summed E-state index contributed by atoms with van der Waals surface area (Å²) in [7, 11) is 1.61. The van der Waals surface area contributed by atoms with Gasteiger partial charge in [-0.3, -0.25) is 4.98 Å². The van der Waals surface area contributed by atoms with E-state index in [1.54, 1.807) is 25.6 Å². The third-order valence-corrected chi connectivity index (χ3v) is 3.48. The Kier molecular flexibility index (Phi) is 4.08. The van der Waals surface area contributed by atoms with Crippen molar-refractivity contribution in [3.05, 3.63) is 39.5 Å². The van der Waals surface area contributed by atoms with Gasteiger partial charge in [0.25, 0.3) is 0 Å². The van der Waals surface area contributed by atoms with Crippen LogP contribution in [0.4, 0.5) is 5.69 Å². The fraction of sp³-hybridized carbons (Fsp3) is 0.0833. The van der Waals surface area contributed by atoms with Gasteiger partial charge in [0.15, 0.2) is 5.75 Å². The van der Waals surface area contributed by atoms with Gasteiger partial charge in [-0.15, -0.1) is 0 Å². The first-order chi connectivity index (χ1) is 8.61. The molecule has 2 rings (SSSR count). The second-order valence-electron chi connectivity index (χ2n) is 3.43. The first-order valence-electron chi connectivity index (χ1n) is 5.02. The Balaban J connectivity index is 2.35. The average Bonchev–Trinajstić information content (AvgIpc) is 2.36. The van der Waals surface area contributed by atoms with E-state index in [1.165, 1.54) is 0 Å². The fourth-order valence-corrected chi connectivity index (χ4v) is 2.24. The minimum atomic E-state index is 0.483. The van der Waals surface area contributed by atoms with Crippen LogP contribution in [-0.2, 0) is 0 Å². The van der Waals surface area contributed by atoms with E-state index in [4.69, 9.17) is 15.2 Å². The van der Waals surface area contributed by atoms with E-state index in [1.807, 2.05) is 12.1 Å².